The van der Waals surface area contributed by atoms with E-state index in [1.807, 2.05) is 12.1 Å². The quantitative estimate of drug-likeness (QED) is 0.938. The van der Waals surface area contributed by atoms with Gasteiger partial charge < -0.3 is 24.1 Å². The minimum Gasteiger partial charge on any atom is -0.441 e. The lowest BCUT2D eigenvalue weighted by Gasteiger charge is -2.32. The van der Waals surface area contributed by atoms with E-state index in [4.69, 9.17) is 13.9 Å². The van der Waals surface area contributed by atoms with Crippen molar-refractivity contribution in [3.8, 4) is 0 Å². The smallest absolute Gasteiger partial charge is 0.322 e. The number of methoxy groups -OCH3 is 1. The summed E-state index contributed by atoms with van der Waals surface area (Å²) in [6.45, 7) is 3.87. The molecule has 2 heterocycles. The predicted molar refractivity (Wildman–Crippen MR) is 81.0 cm³/mol. The van der Waals surface area contributed by atoms with Gasteiger partial charge >= 0.3 is 6.03 Å². The fourth-order valence-corrected chi connectivity index (χ4v) is 2.51. The zero-order chi connectivity index (χ0) is 15.5. The van der Waals surface area contributed by atoms with E-state index in [1.54, 1.807) is 25.0 Å². The number of anilines is 1. The number of hydrogen-bond donors (Lipinski definition) is 1. The number of rotatable bonds is 3. The van der Waals surface area contributed by atoms with Gasteiger partial charge in [0.25, 0.3) is 0 Å². The Labute approximate surface area is 128 Å². The minimum absolute atomic E-state index is 0.0797. The van der Waals surface area contributed by atoms with E-state index in [0.29, 0.717) is 43.5 Å². The number of carbonyl (C=O) groups excluding carboxylic acids is 1. The number of hydrogen-bond acceptors (Lipinski definition) is 5. The number of morpholine rings is 1. The van der Waals surface area contributed by atoms with E-state index in [0.717, 1.165) is 5.52 Å². The summed E-state index contributed by atoms with van der Waals surface area (Å²) in [7, 11) is 1.62. The largest absolute Gasteiger partial charge is 0.441 e. The molecular weight excluding hydrogens is 286 g/mol. The molecule has 1 atom stereocenters. The fourth-order valence-electron chi connectivity index (χ4n) is 2.51. The van der Waals surface area contributed by atoms with Crippen LogP contribution in [0, 0.1) is 6.92 Å². The highest BCUT2D eigenvalue weighted by Gasteiger charge is 2.24. The van der Waals surface area contributed by atoms with Gasteiger partial charge in [0.15, 0.2) is 11.5 Å². The Morgan fingerprint density at radius 1 is 1.55 bits per heavy atom. The van der Waals surface area contributed by atoms with Crippen molar-refractivity contribution in [2.45, 2.75) is 13.0 Å². The van der Waals surface area contributed by atoms with Crippen molar-refractivity contribution in [3.05, 3.63) is 24.1 Å². The molecular formula is C15H19N3O4. The Kier molecular flexibility index (Phi) is 4.26. The average Bonchev–Trinajstić information content (AvgIpc) is 2.87. The Morgan fingerprint density at radius 2 is 2.41 bits per heavy atom. The zero-order valence-electron chi connectivity index (χ0n) is 12.7. The second kappa shape index (κ2) is 6.33. The number of nitrogens with zero attached hydrogens (tertiary/aromatic N) is 2. The Balaban J connectivity index is 1.66. The third-order valence-electron chi connectivity index (χ3n) is 3.53. The second-order valence-electron chi connectivity index (χ2n) is 5.24. The highest BCUT2D eigenvalue weighted by Crippen LogP contribution is 2.20. The monoisotopic (exact) mass is 305 g/mol. The minimum atomic E-state index is -0.153. The summed E-state index contributed by atoms with van der Waals surface area (Å²) in [5.41, 5.74) is 2.13. The van der Waals surface area contributed by atoms with Gasteiger partial charge in [-0.15, -0.1) is 0 Å². The fraction of sp³-hybridized carbons (Fsp3) is 0.467. The Morgan fingerprint density at radius 3 is 3.23 bits per heavy atom. The van der Waals surface area contributed by atoms with Gasteiger partial charge in [0.2, 0.25) is 0 Å². The molecule has 1 unspecified atom stereocenters. The van der Waals surface area contributed by atoms with Crippen LogP contribution >= 0.6 is 0 Å². The van der Waals surface area contributed by atoms with Gasteiger partial charge in [-0.25, -0.2) is 9.78 Å². The molecule has 1 aromatic heterocycles. The van der Waals surface area contributed by atoms with E-state index in [-0.39, 0.29) is 12.1 Å². The van der Waals surface area contributed by atoms with Crippen molar-refractivity contribution < 1.29 is 18.7 Å². The van der Waals surface area contributed by atoms with Crippen molar-refractivity contribution in [1.82, 2.24) is 9.88 Å². The maximum Gasteiger partial charge on any atom is 0.322 e. The van der Waals surface area contributed by atoms with Crippen molar-refractivity contribution in [2.24, 2.45) is 0 Å². The summed E-state index contributed by atoms with van der Waals surface area (Å²) in [4.78, 5) is 18.3. The topological polar surface area (TPSA) is 76.8 Å². The number of aromatic nitrogens is 1. The van der Waals surface area contributed by atoms with Crippen LogP contribution in [0.2, 0.25) is 0 Å². The van der Waals surface area contributed by atoms with Gasteiger partial charge in [-0.05, 0) is 12.1 Å². The van der Waals surface area contributed by atoms with E-state index in [1.165, 1.54) is 0 Å². The molecule has 1 aliphatic rings. The molecule has 7 nitrogen and oxygen atoms in total. The molecule has 2 amide bonds. The number of oxazole rings is 1. The molecule has 0 radical (unpaired) electrons. The Hall–Kier alpha value is -2.12. The molecule has 0 spiro atoms. The first-order valence-corrected chi connectivity index (χ1v) is 7.19. The summed E-state index contributed by atoms with van der Waals surface area (Å²) >= 11 is 0. The van der Waals surface area contributed by atoms with Gasteiger partial charge in [-0.2, -0.15) is 0 Å². The maximum absolute atomic E-state index is 12.3. The summed E-state index contributed by atoms with van der Waals surface area (Å²) in [5.74, 6) is 0.606. The van der Waals surface area contributed by atoms with E-state index < -0.39 is 0 Å². The molecule has 2 aromatic rings. The molecule has 1 aromatic carbocycles. The molecule has 7 heteroatoms. The van der Waals surface area contributed by atoms with Crippen LogP contribution in [-0.2, 0) is 9.47 Å². The van der Waals surface area contributed by atoms with E-state index in [9.17, 15) is 4.79 Å². The van der Waals surface area contributed by atoms with E-state index in [2.05, 4.69) is 10.3 Å². The second-order valence-corrected chi connectivity index (χ2v) is 5.24. The number of benzene rings is 1. The van der Waals surface area contributed by atoms with Crippen LogP contribution in [0.4, 0.5) is 10.5 Å². The molecule has 0 saturated carbocycles. The van der Waals surface area contributed by atoms with Crippen molar-refractivity contribution in [2.75, 3.05) is 38.7 Å². The number of aryl methyl sites for hydroxylation is 1. The van der Waals surface area contributed by atoms with Crippen LogP contribution in [0.3, 0.4) is 0 Å². The molecule has 118 valence electrons. The maximum atomic E-state index is 12.3. The van der Waals surface area contributed by atoms with Gasteiger partial charge in [0.05, 0.1) is 25.9 Å². The number of fused-ring (bicyclic) bond motifs is 1. The first kappa shape index (κ1) is 14.8. The molecule has 3 rings (SSSR count). The van der Waals surface area contributed by atoms with Crippen LogP contribution in [0.15, 0.2) is 22.6 Å². The van der Waals surface area contributed by atoms with Crippen LogP contribution in [-0.4, -0.2) is 55.4 Å². The number of urea groups is 1. The first-order valence-electron chi connectivity index (χ1n) is 7.19. The number of ether oxygens (including phenoxy) is 2. The molecule has 1 N–H and O–H groups in total. The van der Waals surface area contributed by atoms with Gasteiger partial charge in [-0.3, -0.25) is 0 Å². The van der Waals surface area contributed by atoms with Crippen molar-refractivity contribution in [1.29, 1.82) is 0 Å². The average molecular weight is 305 g/mol. The SMILES string of the molecule is COCC1CN(C(=O)Nc2ccc3nc(C)oc3c2)CCO1. The number of carbonyl (C=O) groups is 1. The summed E-state index contributed by atoms with van der Waals surface area (Å²) in [6.07, 6.45) is -0.0797. The molecule has 0 aliphatic carbocycles. The van der Waals surface area contributed by atoms with Gasteiger partial charge in [0.1, 0.15) is 5.52 Å². The van der Waals surface area contributed by atoms with Gasteiger partial charge in [0, 0.05) is 32.3 Å². The number of amides is 2. The lowest BCUT2D eigenvalue weighted by atomic mass is 10.2. The molecule has 0 bridgehead atoms. The van der Waals surface area contributed by atoms with Crippen LogP contribution < -0.4 is 5.32 Å². The molecule has 1 saturated heterocycles. The lowest BCUT2D eigenvalue weighted by Crippen LogP contribution is -2.48. The summed E-state index contributed by atoms with van der Waals surface area (Å²) in [6, 6.07) is 5.27. The predicted octanol–water partition coefficient (Wildman–Crippen LogP) is 2.02. The van der Waals surface area contributed by atoms with Crippen LogP contribution in [0.25, 0.3) is 11.1 Å². The lowest BCUT2D eigenvalue weighted by molar-refractivity contribution is -0.0481. The zero-order valence-corrected chi connectivity index (χ0v) is 12.7. The van der Waals surface area contributed by atoms with Crippen molar-refractivity contribution in [3.63, 3.8) is 0 Å². The highest BCUT2D eigenvalue weighted by atomic mass is 16.5. The molecule has 22 heavy (non-hydrogen) atoms. The normalized spacial score (nSPS) is 18.6. The Bertz CT molecular complexity index is 668. The number of nitrogens with one attached hydrogen (secondary N) is 1. The highest BCUT2D eigenvalue weighted by molar-refractivity contribution is 5.91. The van der Waals surface area contributed by atoms with Crippen LogP contribution in [0.1, 0.15) is 5.89 Å². The molecule has 1 fully saturated rings. The summed E-state index contributed by atoms with van der Waals surface area (Å²) < 4.78 is 16.1. The standard InChI is InChI=1S/C15H19N3O4/c1-10-16-13-4-3-11(7-14(13)22-10)17-15(19)18-5-6-21-12(8-18)9-20-2/h3-4,7,12H,5-6,8-9H2,1-2H3,(H,17,19). The third-order valence-corrected chi connectivity index (χ3v) is 3.53. The van der Waals surface area contributed by atoms with E-state index >= 15 is 0 Å². The third kappa shape index (κ3) is 3.20. The first-order chi connectivity index (χ1) is 10.7. The molecule has 1 aliphatic heterocycles. The van der Waals surface area contributed by atoms with Crippen molar-refractivity contribution >= 4 is 22.8 Å². The summed E-state index contributed by atoms with van der Waals surface area (Å²) in [5, 5.41) is 2.88. The van der Waals surface area contributed by atoms with Gasteiger partial charge in [-0.1, -0.05) is 0 Å². The van der Waals surface area contributed by atoms with Crippen LogP contribution in [0.5, 0.6) is 0 Å².